The fourth-order valence-electron chi connectivity index (χ4n) is 2.33. The number of nitrogens with one attached hydrogen (secondary N) is 1. The van der Waals surface area contributed by atoms with Crippen molar-refractivity contribution in [2.45, 2.75) is 20.0 Å². The van der Waals surface area contributed by atoms with Gasteiger partial charge < -0.3 is 14.8 Å². The predicted octanol–water partition coefficient (Wildman–Crippen LogP) is 3.06. The Morgan fingerprint density at radius 3 is 2.68 bits per heavy atom. The fourth-order valence-corrected chi connectivity index (χ4v) is 2.33. The molecule has 0 bridgehead atoms. The van der Waals surface area contributed by atoms with E-state index in [2.05, 4.69) is 10.4 Å². The predicted molar refractivity (Wildman–Crippen MR) is 85.5 cm³/mol. The molecular weight excluding hydrogens is 278 g/mol. The first kappa shape index (κ1) is 14.4. The first-order chi connectivity index (χ1) is 10.8. The zero-order valence-electron chi connectivity index (χ0n) is 12.5. The van der Waals surface area contributed by atoms with E-state index in [9.17, 15) is 5.11 Å². The third kappa shape index (κ3) is 3.20. The standard InChI is InChI=1S/C17H19N3O2/c1-13-7-8-15(22-13)12-18-17-11-16(19-20(17)9-10-21)14-5-3-2-4-6-14/h2-8,11,18,21H,9-10,12H2,1H3. The number of nitrogens with zero attached hydrogens (tertiary/aromatic N) is 2. The van der Waals surface area contributed by atoms with Crippen LogP contribution in [0.3, 0.4) is 0 Å². The van der Waals surface area contributed by atoms with Gasteiger partial charge in [0.25, 0.3) is 0 Å². The van der Waals surface area contributed by atoms with E-state index in [-0.39, 0.29) is 6.61 Å². The van der Waals surface area contributed by atoms with Crippen molar-refractivity contribution in [1.29, 1.82) is 0 Å². The normalized spacial score (nSPS) is 10.8. The summed E-state index contributed by atoms with van der Waals surface area (Å²) in [6.07, 6.45) is 0. The molecule has 0 aliphatic heterocycles. The molecular formula is C17H19N3O2. The Labute approximate surface area is 129 Å². The van der Waals surface area contributed by atoms with Crippen molar-refractivity contribution < 1.29 is 9.52 Å². The minimum Gasteiger partial charge on any atom is -0.465 e. The highest BCUT2D eigenvalue weighted by molar-refractivity contribution is 5.62. The zero-order chi connectivity index (χ0) is 15.4. The van der Waals surface area contributed by atoms with Gasteiger partial charge in [-0.3, -0.25) is 0 Å². The van der Waals surface area contributed by atoms with Crippen molar-refractivity contribution in [1.82, 2.24) is 9.78 Å². The van der Waals surface area contributed by atoms with Gasteiger partial charge in [-0.05, 0) is 19.1 Å². The van der Waals surface area contributed by atoms with Crippen LogP contribution >= 0.6 is 0 Å². The van der Waals surface area contributed by atoms with Gasteiger partial charge in [0.2, 0.25) is 0 Å². The number of aryl methyl sites for hydroxylation is 1. The van der Waals surface area contributed by atoms with E-state index in [1.807, 2.05) is 55.5 Å². The average Bonchev–Trinajstić information content (AvgIpc) is 3.13. The molecule has 5 heteroatoms. The van der Waals surface area contributed by atoms with E-state index in [1.165, 1.54) is 0 Å². The fraction of sp³-hybridized carbons (Fsp3) is 0.235. The summed E-state index contributed by atoms with van der Waals surface area (Å²) in [5.74, 6) is 2.63. The van der Waals surface area contributed by atoms with E-state index < -0.39 is 0 Å². The highest BCUT2D eigenvalue weighted by Gasteiger charge is 2.09. The molecule has 3 aromatic rings. The third-order valence-corrected chi connectivity index (χ3v) is 3.40. The van der Waals surface area contributed by atoms with Crippen molar-refractivity contribution >= 4 is 5.82 Å². The number of furan rings is 1. The van der Waals surface area contributed by atoms with Crippen LogP contribution in [-0.4, -0.2) is 21.5 Å². The van der Waals surface area contributed by atoms with Crippen molar-refractivity contribution in [3.63, 3.8) is 0 Å². The quantitative estimate of drug-likeness (QED) is 0.734. The van der Waals surface area contributed by atoms with Crippen LogP contribution in [0, 0.1) is 6.92 Å². The molecule has 3 rings (SSSR count). The molecule has 22 heavy (non-hydrogen) atoms. The van der Waals surface area contributed by atoms with Gasteiger partial charge >= 0.3 is 0 Å². The van der Waals surface area contributed by atoms with Gasteiger partial charge in [-0.2, -0.15) is 5.10 Å². The molecule has 0 radical (unpaired) electrons. The summed E-state index contributed by atoms with van der Waals surface area (Å²) in [6.45, 7) is 3.00. The number of rotatable bonds is 6. The second-order valence-corrected chi connectivity index (χ2v) is 5.09. The summed E-state index contributed by atoms with van der Waals surface area (Å²) in [5, 5.41) is 17.1. The lowest BCUT2D eigenvalue weighted by molar-refractivity contribution is 0.270. The Morgan fingerprint density at radius 1 is 1.18 bits per heavy atom. The van der Waals surface area contributed by atoms with Crippen molar-refractivity contribution in [3.8, 4) is 11.3 Å². The van der Waals surface area contributed by atoms with E-state index in [1.54, 1.807) is 4.68 Å². The minimum absolute atomic E-state index is 0.0461. The summed E-state index contributed by atoms with van der Waals surface area (Å²) in [4.78, 5) is 0. The number of benzene rings is 1. The lowest BCUT2D eigenvalue weighted by Crippen LogP contribution is -2.10. The van der Waals surface area contributed by atoms with Gasteiger partial charge in [-0.25, -0.2) is 4.68 Å². The molecule has 0 spiro atoms. The molecule has 5 nitrogen and oxygen atoms in total. The van der Waals surface area contributed by atoms with Crippen LogP contribution in [0.4, 0.5) is 5.82 Å². The number of aliphatic hydroxyl groups excluding tert-OH is 1. The number of anilines is 1. The van der Waals surface area contributed by atoms with Crippen LogP contribution in [0.1, 0.15) is 11.5 Å². The highest BCUT2D eigenvalue weighted by atomic mass is 16.3. The monoisotopic (exact) mass is 297 g/mol. The second-order valence-electron chi connectivity index (χ2n) is 5.09. The van der Waals surface area contributed by atoms with Gasteiger partial charge in [-0.1, -0.05) is 30.3 Å². The second kappa shape index (κ2) is 6.49. The molecule has 0 aliphatic rings. The summed E-state index contributed by atoms with van der Waals surface area (Å²) in [5.41, 5.74) is 1.93. The van der Waals surface area contributed by atoms with E-state index in [0.29, 0.717) is 13.1 Å². The smallest absolute Gasteiger partial charge is 0.125 e. The van der Waals surface area contributed by atoms with Crippen LogP contribution in [-0.2, 0) is 13.1 Å². The lowest BCUT2D eigenvalue weighted by Gasteiger charge is -2.07. The average molecular weight is 297 g/mol. The first-order valence-corrected chi connectivity index (χ1v) is 7.29. The molecule has 0 saturated heterocycles. The Hall–Kier alpha value is -2.53. The third-order valence-electron chi connectivity index (χ3n) is 3.40. The molecule has 2 N–H and O–H groups in total. The minimum atomic E-state index is 0.0461. The molecule has 0 unspecified atom stereocenters. The summed E-state index contributed by atoms with van der Waals surface area (Å²) in [6, 6.07) is 15.9. The number of hydrogen-bond donors (Lipinski definition) is 2. The van der Waals surface area contributed by atoms with E-state index in [0.717, 1.165) is 28.6 Å². The van der Waals surface area contributed by atoms with Gasteiger partial charge in [0.05, 0.1) is 25.4 Å². The summed E-state index contributed by atoms with van der Waals surface area (Å²) >= 11 is 0. The molecule has 2 heterocycles. The maximum Gasteiger partial charge on any atom is 0.125 e. The Morgan fingerprint density at radius 2 is 2.00 bits per heavy atom. The molecule has 0 saturated carbocycles. The van der Waals surface area contributed by atoms with Crippen molar-refractivity contribution in [2.75, 3.05) is 11.9 Å². The van der Waals surface area contributed by atoms with Crippen molar-refractivity contribution in [3.05, 3.63) is 60.1 Å². The Kier molecular flexibility index (Phi) is 4.25. The summed E-state index contributed by atoms with van der Waals surface area (Å²) in [7, 11) is 0. The van der Waals surface area contributed by atoms with E-state index in [4.69, 9.17) is 4.42 Å². The number of aromatic nitrogens is 2. The van der Waals surface area contributed by atoms with Crippen molar-refractivity contribution in [2.24, 2.45) is 0 Å². The largest absolute Gasteiger partial charge is 0.465 e. The van der Waals surface area contributed by atoms with Crippen LogP contribution < -0.4 is 5.32 Å². The Balaban J connectivity index is 1.81. The molecule has 0 amide bonds. The molecule has 2 aromatic heterocycles. The lowest BCUT2D eigenvalue weighted by atomic mass is 10.2. The number of hydrogen-bond acceptors (Lipinski definition) is 4. The molecule has 0 atom stereocenters. The van der Waals surface area contributed by atoms with Gasteiger partial charge in [0, 0.05) is 11.6 Å². The van der Waals surface area contributed by atoms with Crippen LogP contribution in [0.2, 0.25) is 0 Å². The highest BCUT2D eigenvalue weighted by Crippen LogP contribution is 2.22. The van der Waals surface area contributed by atoms with Gasteiger partial charge in [-0.15, -0.1) is 0 Å². The van der Waals surface area contributed by atoms with Crippen LogP contribution in [0.5, 0.6) is 0 Å². The van der Waals surface area contributed by atoms with Gasteiger partial charge in [0.1, 0.15) is 17.3 Å². The summed E-state index contributed by atoms with van der Waals surface area (Å²) < 4.78 is 7.33. The molecule has 1 aromatic carbocycles. The molecule has 0 fully saturated rings. The van der Waals surface area contributed by atoms with E-state index >= 15 is 0 Å². The van der Waals surface area contributed by atoms with Gasteiger partial charge in [0.15, 0.2) is 0 Å². The maximum absolute atomic E-state index is 9.21. The molecule has 0 aliphatic carbocycles. The number of aliphatic hydroxyl groups is 1. The first-order valence-electron chi connectivity index (χ1n) is 7.29. The van der Waals surface area contributed by atoms with Crippen LogP contribution in [0.25, 0.3) is 11.3 Å². The SMILES string of the molecule is Cc1ccc(CNc2cc(-c3ccccc3)nn2CCO)o1. The molecule has 114 valence electrons. The van der Waals surface area contributed by atoms with Crippen LogP contribution in [0.15, 0.2) is 52.9 Å². The topological polar surface area (TPSA) is 63.2 Å². The Bertz CT molecular complexity index is 731. The maximum atomic E-state index is 9.21. The zero-order valence-corrected chi connectivity index (χ0v) is 12.5.